The normalized spacial score (nSPS) is 23.7. The Labute approximate surface area is 175 Å². The number of hydrogen-bond donors (Lipinski definition) is 1. The molecule has 0 aromatic heterocycles. The number of halogens is 3. The zero-order valence-electron chi connectivity index (χ0n) is 17.2. The average molecular weight is 448 g/mol. The van der Waals surface area contributed by atoms with Crippen LogP contribution in [0.25, 0.3) is 0 Å². The second-order valence-electron chi connectivity index (χ2n) is 8.33. The van der Waals surface area contributed by atoms with Crippen LogP contribution in [0.3, 0.4) is 0 Å². The maximum absolute atomic E-state index is 13.4. The van der Waals surface area contributed by atoms with Gasteiger partial charge in [-0.15, -0.1) is 0 Å². The molecule has 6 nitrogen and oxygen atoms in total. The van der Waals surface area contributed by atoms with Crippen molar-refractivity contribution in [2.75, 3.05) is 26.2 Å². The molecule has 1 heterocycles. The first-order valence-corrected chi connectivity index (χ1v) is 11.8. The number of sulfonamides is 1. The van der Waals surface area contributed by atoms with Crippen molar-refractivity contribution in [3.8, 4) is 0 Å². The molecule has 0 radical (unpaired) electrons. The highest BCUT2D eigenvalue weighted by Crippen LogP contribution is 2.28. The Morgan fingerprint density at radius 2 is 1.53 bits per heavy atom. The summed E-state index contributed by atoms with van der Waals surface area (Å²) < 4.78 is 67.1. The molecule has 2 fully saturated rings. The van der Waals surface area contributed by atoms with Crippen molar-refractivity contribution in [2.24, 2.45) is 5.92 Å². The number of rotatable bonds is 5. The van der Waals surface area contributed by atoms with Crippen molar-refractivity contribution in [2.45, 2.75) is 56.5 Å². The van der Waals surface area contributed by atoms with Gasteiger partial charge in [-0.1, -0.05) is 0 Å². The summed E-state index contributed by atoms with van der Waals surface area (Å²) in [6.45, 7) is 7.37. The lowest BCUT2D eigenvalue weighted by Crippen LogP contribution is -2.52. The third kappa shape index (κ3) is 5.15. The highest BCUT2D eigenvalue weighted by molar-refractivity contribution is 7.89. The van der Waals surface area contributed by atoms with Gasteiger partial charge in [0.2, 0.25) is 15.9 Å². The number of nitrogens with one attached hydrogen (secondary N) is 1. The number of hydrogen-bond acceptors (Lipinski definition) is 4. The molecule has 1 aliphatic heterocycles. The maximum atomic E-state index is 13.4. The Hall–Kier alpha value is -1.65. The number of carbonyl (C=O) groups is 1. The van der Waals surface area contributed by atoms with Gasteiger partial charge in [-0.2, -0.15) is 0 Å². The van der Waals surface area contributed by atoms with E-state index in [4.69, 9.17) is 0 Å². The number of carbonyl (C=O) groups excluding carboxylic acids is 1. The SMILES string of the molecule is CC(C)N1CCN(C(=O)[C@H]2CC[C@H](NS(=O)(=O)c3cc(F)c(F)c(F)c3)CC2)CC1. The topological polar surface area (TPSA) is 69.7 Å². The minimum Gasteiger partial charge on any atom is -0.340 e. The minimum atomic E-state index is -4.19. The molecule has 30 heavy (non-hydrogen) atoms. The quantitative estimate of drug-likeness (QED) is 0.705. The third-order valence-electron chi connectivity index (χ3n) is 6.02. The molecule has 1 amide bonds. The molecule has 0 spiro atoms. The predicted octanol–water partition coefficient (Wildman–Crippen LogP) is 2.49. The van der Waals surface area contributed by atoms with E-state index in [2.05, 4.69) is 23.5 Å². The van der Waals surface area contributed by atoms with Crippen molar-refractivity contribution in [3.63, 3.8) is 0 Å². The van der Waals surface area contributed by atoms with Gasteiger partial charge < -0.3 is 4.90 Å². The largest absolute Gasteiger partial charge is 0.340 e. The summed E-state index contributed by atoms with van der Waals surface area (Å²) in [7, 11) is -4.19. The monoisotopic (exact) mass is 447 g/mol. The van der Waals surface area contributed by atoms with Crippen LogP contribution in [-0.4, -0.2) is 62.4 Å². The van der Waals surface area contributed by atoms with Crippen molar-refractivity contribution < 1.29 is 26.4 Å². The Balaban J connectivity index is 1.54. The standard InChI is InChI=1S/C20H28F3N3O3S/c1-13(2)25-7-9-26(10-8-25)20(27)14-3-5-15(6-4-14)24-30(28,29)16-11-17(21)19(23)18(22)12-16/h11-15,24H,3-10H2,1-2H3/t14-,15-. The van der Waals surface area contributed by atoms with Gasteiger partial charge in [-0.3, -0.25) is 9.69 Å². The first-order valence-electron chi connectivity index (χ1n) is 10.3. The van der Waals surface area contributed by atoms with E-state index in [1.54, 1.807) is 0 Å². The molecule has 1 aliphatic carbocycles. The van der Waals surface area contributed by atoms with E-state index in [1.807, 2.05) is 4.90 Å². The molecule has 3 rings (SSSR count). The van der Waals surface area contributed by atoms with E-state index < -0.39 is 38.4 Å². The van der Waals surface area contributed by atoms with E-state index >= 15 is 0 Å². The van der Waals surface area contributed by atoms with Crippen LogP contribution in [-0.2, 0) is 14.8 Å². The van der Waals surface area contributed by atoms with Gasteiger partial charge >= 0.3 is 0 Å². The minimum absolute atomic E-state index is 0.113. The van der Waals surface area contributed by atoms with Crippen LogP contribution in [0.1, 0.15) is 39.5 Å². The highest BCUT2D eigenvalue weighted by Gasteiger charge is 2.33. The van der Waals surface area contributed by atoms with E-state index in [9.17, 15) is 26.4 Å². The van der Waals surface area contributed by atoms with Gasteiger partial charge in [0.1, 0.15) is 0 Å². The predicted molar refractivity (Wildman–Crippen MR) is 106 cm³/mol. The van der Waals surface area contributed by atoms with Gasteiger partial charge in [0.25, 0.3) is 0 Å². The molecule has 1 saturated heterocycles. The number of nitrogens with zero attached hydrogens (tertiary/aromatic N) is 2. The van der Waals surface area contributed by atoms with Crippen molar-refractivity contribution in [3.05, 3.63) is 29.6 Å². The third-order valence-corrected chi connectivity index (χ3v) is 7.52. The fraction of sp³-hybridized carbons (Fsp3) is 0.650. The molecule has 168 valence electrons. The van der Waals surface area contributed by atoms with Gasteiger partial charge in [0.05, 0.1) is 4.90 Å². The van der Waals surface area contributed by atoms with Crippen LogP contribution in [0.2, 0.25) is 0 Å². The molecule has 1 aromatic rings. The molecule has 0 atom stereocenters. The lowest BCUT2D eigenvalue weighted by Gasteiger charge is -2.39. The Morgan fingerprint density at radius 1 is 1.00 bits per heavy atom. The van der Waals surface area contributed by atoms with Crippen molar-refractivity contribution >= 4 is 15.9 Å². The molecule has 0 unspecified atom stereocenters. The van der Waals surface area contributed by atoms with Crippen LogP contribution >= 0.6 is 0 Å². The molecule has 2 aliphatic rings. The molecule has 1 N–H and O–H groups in total. The second-order valence-corrected chi connectivity index (χ2v) is 10.0. The zero-order chi connectivity index (χ0) is 22.1. The summed E-state index contributed by atoms with van der Waals surface area (Å²) in [6.07, 6.45) is 1.99. The van der Waals surface area contributed by atoms with Crippen molar-refractivity contribution in [1.82, 2.24) is 14.5 Å². The first kappa shape index (κ1) is 23.0. The number of amides is 1. The molecular formula is C20H28F3N3O3S. The first-order chi connectivity index (χ1) is 14.1. The summed E-state index contributed by atoms with van der Waals surface area (Å²) in [5.41, 5.74) is 0. The summed E-state index contributed by atoms with van der Waals surface area (Å²) in [4.78, 5) is 16.4. The number of benzene rings is 1. The van der Waals surface area contributed by atoms with Crippen LogP contribution in [0.15, 0.2) is 17.0 Å². The Bertz CT molecular complexity index is 856. The maximum Gasteiger partial charge on any atom is 0.241 e. The Kier molecular flexibility index (Phi) is 7.09. The van der Waals surface area contributed by atoms with Crippen LogP contribution in [0.5, 0.6) is 0 Å². The lowest BCUT2D eigenvalue weighted by atomic mass is 9.85. The number of piperazine rings is 1. The average Bonchev–Trinajstić information content (AvgIpc) is 2.71. The zero-order valence-corrected chi connectivity index (χ0v) is 18.0. The summed E-state index contributed by atoms with van der Waals surface area (Å²) >= 11 is 0. The van der Waals surface area contributed by atoms with Gasteiger partial charge in [-0.25, -0.2) is 26.3 Å². The van der Waals surface area contributed by atoms with E-state index in [0.29, 0.717) is 56.9 Å². The van der Waals surface area contributed by atoms with E-state index in [1.165, 1.54) is 0 Å². The molecule has 1 aromatic carbocycles. The van der Waals surface area contributed by atoms with Gasteiger partial charge in [-0.05, 0) is 51.7 Å². The van der Waals surface area contributed by atoms with Gasteiger partial charge in [0, 0.05) is 44.2 Å². The van der Waals surface area contributed by atoms with E-state index in [-0.39, 0.29) is 11.8 Å². The van der Waals surface area contributed by atoms with Crippen molar-refractivity contribution in [1.29, 1.82) is 0 Å². The van der Waals surface area contributed by atoms with Crippen LogP contribution in [0.4, 0.5) is 13.2 Å². The molecular weight excluding hydrogens is 419 g/mol. The summed E-state index contributed by atoms with van der Waals surface area (Å²) in [5, 5.41) is 0. The second kappa shape index (κ2) is 9.23. The molecule has 1 saturated carbocycles. The smallest absolute Gasteiger partial charge is 0.241 e. The Morgan fingerprint density at radius 3 is 2.03 bits per heavy atom. The van der Waals surface area contributed by atoms with Crippen LogP contribution < -0.4 is 4.72 Å². The summed E-state index contributed by atoms with van der Waals surface area (Å²) in [6, 6.07) is 0.946. The van der Waals surface area contributed by atoms with E-state index in [0.717, 1.165) is 13.1 Å². The fourth-order valence-corrected chi connectivity index (χ4v) is 5.48. The van der Waals surface area contributed by atoms with Crippen LogP contribution in [0, 0.1) is 23.4 Å². The fourth-order valence-electron chi connectivity index (χ4n) is 4.15. The summed E-state index contributed by atoms with van der Waals surface area (Å²) in [5.74, 6) is -4.84. The molecule has 10 heteroatoms. The molecule has 0 bridgehead atoms. The highest BCUT2D eigenvalue weighted by atomic mass is 32.2. The lowest BCUT2D eigenvalue weighted by molar-refractivity contribution is -0.138. The van der Waals surface area contributed by atoms with Gasteiger partial charge in [0.15, 0.2) is 17.5 Å².